The van der Waals surface area contributed by atoms with Crippen LogP contribution in [-0.4, -0.2) is 27.1 Å². The van der Waals surface area contributed by atoms with Crippen LogP contribution in [0.15, 0.2) is 24.3 Å². The predicted octanol–water partition coefficient (Wildman–Crippen LogP) is 0.846. The standard InChI is InChI=1S/C10H7NO4S/c12-8(13)10(9(14)15)5-3-1-2-4-6(5)11-7(10)16/h1-4H,(H,11,16)(H,12,13)(H,14,15). The van der Waals surface area contributed by atoms with E-state index in [1.165, 1.54) is 6.07 Å². The van der Waals surface area contributed by atoms with Gasteiger partial charge in [0.15, 0.2) is 0 Å². The number of benzene rings is 1. The predicted molar refractivity (Wildman–Crippen MR) is 59.6 cm³/mol. The molecule has 3 N–H and O–H groups in total. The van der Waals surface area contributed by atoms with E-state index in [0.29, 0.717) is 5.69 Å². The quantitative estimate of drug-likeness (QED) is 0.522. The van der Waals surface area contributed by atoms with E-state index in [9.17, 15) is 9.59 Å². The van der Waals surface area contributed by atoms with Crippen LogP contribution >= 0.6 is 12.2 Å². The average Bonchev–Trinajstić information content (AvgIpc) is 2.50. The number of fused-ring (bicyclic) bond motifs is 1. The summed E-state index contributed by atoms with van der Waals surface area (Å²) >= 11 is 4.84. The number of aliphatic carboxylic acids is 2. The molecule has 1 aromatic carbocycles. The summed E-state index contributed by atoms with van der Waals surface area (Å²) in [5, 5.41) is 20.9. The Kier molecular flexibility index (Phi) is 2.16. The molecule has 0 unspecified atom stereocenters. The summed E-state index contributed by atoms with van der Waals surface area (Å²) < 4.78 is 0. The zero-order chi connectivity index (χ0) is 11.9. The van der Waals surface area contributed by atoms with E-state index in [-0.39, 0.29) is 10.6 Å². The molecule has 1 aromatic rings. The van der Waals surface area contributed by atoms with Crippen molar-refractivity contribution in [3.05, 3.63) is 29.8 Å². The number of rotatable bonds is 2. The van der Waals surface area contributed by atoms with Gasteiger partial charge in [-0.2, -0.15) is 0 Å². The van der Waals surface area contributed by atoms with E-state index in [1.807, 2.05) is 0 Å². The fourth-order valence-electron chi connectivity index (χ4n) is 1.77. The van der Waals surface area contributed by atoms with E-state index in [4.69, 9.17) is 22.4 Å². The third-order valence-corrected chi connectivity index (χ3v) is 2.97. The average molecular weight is 237 g/mol. The normalized spacial score (nSPS) is 16.4. The fraction of sp³-hybridized carbons (Fsp3) is 0.100. The Morgan fingerprint density at radius 3 is 2.31 bits per heavy atom. The molecule has 0 radical (unpaired) electrons. The molecular weight excluding hydrogens is 230 g/mol. The highest BCUT2D eigenvalue weighted by Crippen LogP contribution is 2.39. The monoisotopic (exact) mass is 237 g/mol. The Morgan fingerprint density at radius 1 is 1.19 bits per heavy atom. The lowest BCUT2D eigenvalue weighted by atomic mass is 9.82. The molecule has 0 aliphatic carbocycles. The van der Waals surface area contributed by atoms with Crippen molar-refractivity contribution in [1.82, 2.24) is 0 Å². The molecular formula is C10H7NO4S. The summed E-state index contributed by atoms with van der Waals surface area (Å²) in [6, 6.07) is 6.29. The number of hydrogen-bond donors (Lipinski definition) is 3. The molecule has 0 fully saturated rings. The van der Waals surface area contributed by atoms with Crippen molar-refractivity contribution < 1.29 is 19.8 Å². The number of carboxylic acids is 2. The Labute approximate surface area is 95.7 Å². The van der Waals surface area contributed by atoms with Gasteiger partial charge in [0.2, 0.25) is 5.41 Å². The van der Waals surface area contributed by atoms with Crippen LogP contribution in [0.1, 0.15) is 5.56 Å². The zero-order valence-electron chi connectivity index (χ0n) is 7.93. The third kappa shape index (κ3) is 1.07. The second-order valence-corrected chi connectivity index (χ2v) is 3.77. The Bertz CT molecular complexity index is 497. The number of nitrogens with one attached hydrogen (secondary N) is 1. The smallest absolute Gasteiger partial charge is 0.332 e. The molecule has 82 valence electrons. The molecule has 0 amide bonds. The zero-order valence-corrected chi connectivity index (χ0v) is 8.75. The lowest BCUT2D eigenvalue weighted by Gasteiger charge is -2.18. The maximum Gasteiger partial charge on any atom is 0.332 e. The van der Waals surface area contributed by atoms with Crippen LogP contribution in [0.4, 0.5) is 5.69 Å². The number of hydrogen-bond acceptors (Lipinski definition) is 3. The molecule has 0 bridgehead atoms. The van der Waals surface area contributed by atoms with Crippen molar-refractivity contribution in [2.75, 3.05) is 5.32 Å². The van der Waals surface area contributed by atoms with Crippen LogP contribution in [0.5, 0.6) is 0 Å². The van der Waals surface area contributed by atoms with Crippen molar-refractivity contribution in [1.29, 1.82) is 0 Å². The maximum atomic E-state index is 11.2. The summed E-state index contributed by atoms with van der Waals surface area (Å²) in [5.74, 6) is -2.97. The second kappa shape index (κ2) is 3.28. The van der Waals surface area contributed by atoms with Gasteiger partial charge in [0.25, 0.3) is 0 Å². The van der Waals surface area contributed by atoms with Crippen molar-refractivity contribution in [2.24, 2.45) is 0 Å². The number of carbonyl (C=O) groups is 2. The molecule has 0 spiro atoms. The van der Waals surface area contributed by atoms with Crippen LogP contribution in [0.3, 0.4) is 0 Å². The van der Waals surface area contributed by atoms with Gasteiger partial charge in [-0.15, -0.1) is 0 Å². The highest BCUT2D eigenvalue weighted by molar-refractivity contribution is 7.81. The largest absolute Gasteiger partial charge is 0.480 e. The Hall–Kier alpha value is -1.95. The van der Waals surface area contributed by atoms with E-state index in [2.05, 4.69) is 5.32 Å². The van der Waals surface area contributed by atoms with Crippen molar-refractivity contribution in [2.45, 2.75) is 5.41 Å². The summed E-state index contributed by atoms with van der Waals surface area (Å²) in [7, 11) is 0. The summed E-state index contributed by atoms with van der Waals surface area (Å²) in [5.41, 5.74) is -1.57. The highest BCUT2D eigenvalue weighted by atomic mass is 32.1. The van der Waals surface area contributed by atoms with Crippen LogP contribution in [0.25, 0.3) is 0 Å². The van der Waals surface area contributed by atoms with Crippen molar-refractivity contribution >= 4 is 34.8 Å². The van der Waals surface area contributed by atoms with Crippen molar-refractivity contribution in [3.8, 4) is 0 Å². The first kappa shape index (κ1) is 10.6. The summed E-state index contributed by atoms with van der Waals surface area (Å²) in [4.78, 5) is 22.2. The molecule has 6 heteroatoms. The molecule has 5 nitrogen and oxygen atoms in total. The van der Waals surface area contributed by atoms with E-state index in [0.717, 1.165) is 0 Å². The van der Waals surface area contributed by atoms with E-state index >= 15 is 0 Å². The lowest BCUT2D eigenvalue weighted by Crippen LogP contribution is -2.48. The molecule has 0 saturated carbocycles. The minimum absolute atomic E-state index is 0.167. The molecule has 1 heterocycles. The lowest BCUT2D eigenvalue weighted by molar-refractivity contribution is -0.153. The van der Waals surface area contributed by atoms with Gasteiger partial charge < -0.3 is 15.5 Å². The highest BCUT2D eigenvalue weighted by Gasteiger charge is 2.57. The molecule has 0 aromatic heterocycles. The van der Waals surface area contributed by atoms with E-state index < -0.39 is 17.4 Å². The first-order valence-corrected chi connectivity index (χ1v) is 4.80. The molecule has 1 aliphatic heterocycles. The van der Waals surface area contributed by atoms with Gasteiger partial charge in [0.05, 0.1) is 0 Å². The second-order valence-electron chi connectivity index (χ2n) is 3.36. The van der Waals surface area contributed by atoms with Gasteiger partial charge in [-0.1, -0.05) is 30.4 Å². The molecule has 0 saturated heterocycles. The Morgan fingerprint density at radius 2 is 1.75 bits per heavy atom. The SMILES string of the molecule is O=C(O)C1(C(=O)O)C(=S)Nc2ccccc21. The Balaban J connectivity index is 2.76. The van der Waals surface area contributed by atoms with Crippen LogP contribution < -0.4 is 5.32 Å². The van der Waals surface area contributed by atoms with Crippen LogP contribution in [0, 0.1) is 0 Å². The molecule has 16 heavy (non-hydrogen) atoms. The first-order valence-electron chi connectivity index (χ1n) is 4.39. The first-order chi connectivity index (χ1) is 7.51. The molecule has 0 atom stereocenters. The fourth-order valence-corrected chi connectivity index (χ4v) is 2.17. The van der Waals surface area contributed by atoms with Gasteiger partial charge in [0.1, 0.15) is 4.99 Å². The van der Waals surface area contributed by atoms with Gasteiger partial charge in [-0.3, -0.25) is 9.59 Å². The summed E-state index contributed by atoms with van der Waals surface area (Å²) in [6.07, 6.45) is 0. The van der Waals surface area contributed by atoms with Crippen LogP contribution in [0.2, 0.25) is 0 Å². The number of anilines is 1. The number of para-hydroxylation sites is 1. The maximum absolute atomic E-state index is 11.2. The summed E-state index contributed by atoms with van der Waals surface area (Å²) in [6.45, 7) is 0. The van der Waals surface area contributed by atoms with Crippen LogP contribution in [-0.2, 0) is 15.0 Å². The number of carboxylic acid groups (broad SMARTS) is 2. The van der Waals surface area contributed by atoms with Gasteiger partial charge in [-0.25, -0.2) is 0 Å². The topological polar surface area (TPSA) is 86.6 Å². The minimum Gasteiger partial charge on any atom is -0.480 e. The van der Waals surface area contributed by atoms with Crippen molar-refractivity contribution in [3.63, 3.8) is 0 Å². The van der Waals surface area contributed by atoms with Gasteiger partial charge in [-0.05, 0) is 6.07 Å². The number of thiocarbonyl (C=S) groups is 1. The third-order valence-electron chi connectivity index (χ3n) is 2.56. The van der Waals surface area contributed by atoms with E-state index in [1.54, 1.807) is 18.2 Å². The molecule has 2 rings (SSSR count). The van der Waals surface area contributed by atoms with Gasteiger partial charge >= 0.3 is 11.9 Å². The van der Waals surface area contributed by atoms with Gasteiger partial charge in [0, 0.05) is 11.3 Å². The molecule has 1 aliphatic rings. The minimum atomic E-state index is -2.16.